The summed E-state index contributed by atoms with van der Waals surface area (Å²) in [7, 11) is 0. The number of rotatable bonds is 3. The van der Waals surface area contributed by atoms with Gasteiger partial charge in [0.1, 0.15) is 5.60 Å². The molecule has 2 N–H and O–H groups in total. The van der Waals surface area contributed by atoms with Crippen LogP contribution >= 0.6 is 0 Å². The number of carbonyl (C=O) groups excluding carboxylic acids is 1. The maximum Gasteiger partial charge on any atom is 0.407 e. The molecular weight excluding hydrogens is 276 g/mol. The molecule has 2 aliphatic rings. The van der Waals surface area contributed by atoms with Gasteiger partial charge in [0.2, 0.25) is 0 Å². The summed E-state index contributed by atoms with van der Waals surface area (Å²) in [6.07, 6.45) is 5.89. The highest BCUT2D eigenvalue weighted by Crippen LogP contribution is 2.38. The average molecular weight is 310 g/mol. The number of hydrogen-bond acceptors (Lipinski definition) is 3. The molecule has 2 aliphatic carbocycles. The molecule has 0 aliphatic heterocycles. The van der Waals surface area contributed by atoms with Crippen molar-refractivity contribution in [3.63, 3.8) is 0 Å². The van der Waals surface area contributed by atoms with Gasteiger partial charge in [-0.2, -0.15) is 0 Å². The molecular formula is C18H34N2O2. The fraction of sp³-hybridized carbons (Fsp3) is 0.944. The zero-order chi connectivity index (χ0) is 16.5. The maximum atomic E-state index is 11.7. The highest BCUT2D eigenvalue weighted by Gasteiger charge is 2.41. The molecule has 2 unspecified atom stereocenters. The summed E-state index contributed by atoms with van der Waals surface area (Å²) in [6, 6.07) is 1.30. The summed E-state index contributed by atoms with van der Waals surface area (Å²) in [5, 5.41) is 6.67. The van der Waals surface area contributed by atoms with Crippen LogP contribution < -0.4 is 10.6 Å². The zero-order valence-corrected chi connectivity index (χ0v) is 15.2. The number of hydrogen-bond donors (Lipinski definition) is 2. The van der Waals surface area contributed by atoms with Crippen molar-refractivity contribution in [2.75, 3.05) is 0 Å². The molecule has 0 radical (unpaired) electrons. The van der Waals surface area contributed by atoms with Crippen LogP contribution in [-0.4, -0.2) is 29.8 Å². The third kappa shape index (κ3) is 5.45. The van der Waals surface area contributed by atoms with Crippen LogP contribution in [0.5, 0.6) is 0 Å². The van der Waals surface area contributed by atoms with E-state index in [1.54, 1.807) is 0 Å². The summed E-state index contributed by atoms with van der Waals surface area (Å²) in [4.78, 5) is 11.7. The van der Waals surface area contributed by atoms with E-state index in [-0.39, 0.29) is 12.1 Å². The van der Waals surface area contributed by atoms with Gasteiger partial charge < -0.3 is 15.4 Å². The lowest BCUT2D eigenvalue weighted by Gasteiger charge is -2.37. The molecule has 128 valence electrons. The van der Waals surface area contributed by atoms with E-state index < -0.39 is 5.60 Å². The molecule has 0 aromatic rings. The highest BCUT2D eigenvalue weighted by atomic mass is 16.6. The van der Waals surface area contributed by atoms with Gasteiger partial charge in [0.05, 0.1) is 0 Å². The Morgan fingerprint density at radius 1 is 0.955 bits per heavy atom. The first-order valence-corrected chi connectivity index (χ1v) is 8.80. The van der Waals surface area contributed by atoms with Gasteiger partial charge in [-0.15, -0.1) is 0 Å². The van der Waals surface area contributed by atoms with Crippen molar-refractivity contribution in [1.29, 1.82) is 0 Å². The first-order chi connectivity index (χ1) is 10.0. The lowest BCUT2D eigenvalue weighted by Crippen LogP contribution is -2.41. The standard InChI is InChI=1S/C18H34N2O2/c1-17(2,3)12-7-9-13(10-8-12)19-14-11-15(14)20-16(21)22-18(4,5)6/h12-15,19H,7-11H2,1-6H3,(H,20,21). The van der Waals surface area contributed by atoms with Gasteiger partial charge >= 0.3 is 6.09 Å². The van der Waals surface area contributed by atoms with Crippen molar-refractivity contribution < 1.29 is 9.53 Å². The van der Waals surface area contributed by atoms with Crippen LogP contribution in [0.25, 0.3) is 0 Å². The second-order valence-corrected chi connectivity index (χ2v) is 9.18. The van der Waals surface area contributed by atoms with Crippen molar-refractivity contribution in [1.82, 2.24) is 10.6 Å². The third-order valence-electron chi connectivity index (χ3n) is 4.89. The molecule has 22 heavy (non-hydrogen) atoms. The number of nitrogens with one attached hydrogen (secondary N) is 2. The minimum Gasteiger partial charge on any atom is -0.444 e. The van der Waals surface area contributed by atoms with E-state index in [1.165, 1.54) is 25.7 Å². The fourth-order valence-electron chi connectivity index (χ4n) is 3.43. The molecule has 4 heteroatoms. The largest absolute Gasteiger partial charge is 0.444 e. The highest BCUT2D eigenvalue weighted by molar-refractivity contribution is 5.68. The molecule has 2 atom stereocenters. The van der Waals surface area contributed by atoms with E-state index in [0.717, 1.165) is 12.3 Å². The Balaban J connectivity index is 1.65. The van der Waals surface area contributed by atoms with Crippen LogP contribution in [-0.2, 0) is 4.74 Å². The Morgan fingerprint density at radius 2 is 1.55 bits per heavy atom. The summed E-state index contributed by atoms with van der Waals surface area (Å²) >= 11 is 0. The normalized spacial score (nSPS) is 32.5. The second kappa shape index (κ2) is 6.38. The quantitative estimate of drug-likeness (QED) is 0.832. The van der Waals surface area contributed by atoms with Crippen molar-refractivity contribution in [3.05, 3.63) is 0 Å². The minimum atomic E-state index is -0.423. The molecule has 2 rings (SSSR count). The van der Waals surface area contributed by atoms with Gasteiger partial charge in [-0.3, -0.25) is 0 Å². The van der Waals surface area contributed by atoms with E-state index in [4.69, 9.17) is 4.74 Å². The van der Waals surface area contributed by atoms with Crippen LogP contribution in [0.4, 0.5) is 4.79 Å². The van der Waals surface area contributed by atoms with Gasteiger partial charge in [-0.1, -0.05) is 20.8 Å². The van der Waals surface area contributed by atoms with Crippen LogP contribution in [0.3, 0.4) is 0 Å². The number of amides is 1. The first-order valence-electron chi connectivity index (χ1n) is 8.80. The van der Waals surface area contributed by atoms with Gasteiger partial charge in [-0.25, -0.2) is 4.79 Å². The topological polar surface area (TPSA) is 50.4 Å². The summed E-state index contributed by atoms with van der Waals surface area (Å²) < 4.78 is 5.30. The average Bonchev–Trinajstić information content (AvgIpc) is 3.03. The Morgan fingerprint density at radius 3 is 2.05 bits per heavy atom. The van der Waals surface area contributed by atoms with Gasteiger partial charge in [0.15, 0.2) is 0 Å². The van der Waals surface area contributed by atoms with Crippen molar-refractivity contribution in [2.24, 2.45) is 11.3 Å². The van der Waals surface area contributed by atoms with Crippen molar-refractivity contribution in [3.8, 4) is 0 Å². The van der Waals surface area contributed by atoms with E-state index >= 15 is 0 Å². The molecule has 0 aromatic heterocycles. The molecule has 0 bridgehead atoms. The molecule has 2 saturated carbocycles. The Bertz CT molecular complexity index is 387. The van der Waals surface area contributed by atoms with Crippen LogP contribution in [0, 0.1) is 11.3 Å². The van der Waals surface area contributed by atoms with Gasteiger partial charge in [0.25, 0.3) is 0 Å². The molecule has 0 heterocycles. The molecule has 0 aromatic carbocycles. The summed E-state index contributed by atoms with van der Waals surface area (Å²) in [5.41, 5.74) is 0.0125. The number of carbonyl (C=O) groups is 1. The van der Waals surface area contributed by atoms with E-state index in [1.807, 2.05) is 20.8 Å². The van der Waals surface area contributed by atoms with Crippen molar-refractivity contribution >= 4 is 6.09 Å². The number of ether oxygens (including phenoxy) is 1. The third-order valence-corrected chi connectivity index (χ3v) is 4.89. The SMILES string of the molecule is CC(C)(C)OC(=O)NC1CC1NC1CCC(C(C)(C)C)CC1. The van der Waals surface area contributed by atoms with E-state index in [9.17, 15) is 4.79 Å². The fourth-order valence-corrected chi connectivity index (χ4v) is 3.43. The second-order valence-electron chi connectivity index (χ2n) is 9.18. The lowest BCUT2D eigenvalue weighted by molar-refractivity contribution is 0.0521. The lowest BCUT2D eigenvalue weighted by atomic mass is 9.71. The molecule has 0 saturated heterocycles. The number of alkyl carbamates (subject to hydrolysis) is 1. The Hall–Kier alpha value is -0.770. The summed E-state index contributed by atoms with van der Waals surface area (Å²) in [5.74, 6) is 0.848. The predicted molar refractivity (Wildman–Crippen MR) is 89.9 cm³/mol. The smallest absolute Gasteiger partial charge is 0.407 e. The summed E-state index contributed by atoms with van der Waals surface area (Å²) in [6.45, 7) is 12.7. The Labute approximate surface area is 135 Å². The van der Waals surface area contributed by atoms with E-state index in [0.29, 0.717) is 17.5 Å². The molecule has 0 spiro atoms. The molecule has 2 fully saturated rings. The van der Waals surface area contributed by atoms with Crippen LogP contribution in [0.15, 0.2) is 0 Å². The maximum absolute atomic E-state index is 11.7. The molecule has 4 nitrogen and oxygen atoms in total. The van der Waals surface area contributed by atoms with Crippen molar-refractivity contribution in [2.45, 2.75) is 97.4 Å². The van der Waals surface area contributed by atoms with E-state index in [2.05, 4.69) is 31.4 Å². The minimum absolute atomic E-state index is 0.246. The molecule has 1 amide bonds. The van der Waals surface area contributed by atoms with Crippen LogP contribution in [0.2, 0.25) is 0 Å². The van der Waals surface area contributed by atoms with Gasteiger partial charge in [-0.05, 0) is 64.2 Å². The monoisotopic (exact) mass is 310 g/mol. The Kier molecular flexibility index (Phi) is 5.10. The van der Waals surface area contributed by atoms with Crippen LogP contribution in [0.1, 0.15) is 73.6 Å². The van der Waals surface area contributed by atoms with Gasteiger partial charge in [0, 0.05) is 18.1 Å². The predicted octanol–water partition coefficient (Wildman–Crippen LogP) is 3.85. The zero-order valence-electron chi connectivity index (χ0n) is 15.2. The first kappa shape index (κ1) is 17.6.